The van der Waals surface area contributed by atoms with Crippen LogP contribution in [-0.4, -0.2) is 53.3 Å². The zero-order chi connectivity index (χ0) is 31.3. The number of carbonyl (C=O) groups excluding carboxylic acids is 3. The lowest BCUT2D eigenvalue weighted by molar-refractivity contribution is -0.210. The molecule has 9 atom stereocenters. The lowest BCUT2D eigenvalue weighted by atomic mass is 9.46. The van der Waals surface area contributed by atoms with E-state index in [9.17, 15) is 19.5 Å². The minimum absolute atomic E-state index is 0.0635. The molecule has 0 radical (unpaired) electrons. The van der Waals surface area contributed by atoms with Gasteiger partial charge in [-0.3, -0.25) is 14.4 Å². The summed E-state index contributed by atoms with van der Waals surface area (Å²) in [5, 5.41) is 12.0. The molecule has 6 rings (SSSR count). The van der Waals surface area contributed by atoms with Crippen molar-refractivity contribution in [3.05, 3.63) is 23.8 Å². The number of ketones is 2. The summed E-state index contributed by atoms with van der Waals surface area (Å²) in [6, 6.07) is -0.402. The number of carbonyl (C=O) groups is 3. The molecule has 1 N–H and O–H groups in total. The maximum Gasteiger partial charge on any atom is 0.308 e. The molecule has 4 saturated carbocycles. The molecular weight excluding hydrogens is 496 g/mol. The van der Waals surface area contributed by atoms with Crippen LogP contribution in [0.3, 0.4) is 0 Å². The Labute approximate surface area is 237 Å². The number of allylic oxidation sites excluding steroid dienone is 4. The van der Waals surface area contributed by atoms with Gasteiger partial charge in [0.25, 0.3) is 0 Å². The Hall–Kier alpha value is -1.83. The smallest absolute Gasteiger partial charge is 0.308 e. The molecule has 5 aliphatic carbocycles. The van der Waals surface area contributed by atoms with Gasteiger partial charge in [-0.25, -0.2) is 0 Å². The fourth-order valence-corrected chi connectivity index (χ4v) is 9.22. The van der Waals surface area contributed by atoms with E-state index in [1.807, 2.05) is 13.8 Å². The van der Waals surface area contributed by atoms with Gasteiger partial charge in [0.2, 0.25) is 5.78 Å². The highest BCUT2D eigenvalue weighted by Gasteiger charge is 2.76. The monoisotopic (exact) mass is 544 g/mol. The van der Waals surface area contributed by atoms with Gasteiger partial charge in [0.05, 0.1) is 23.6 Å². The number of hydrogen-bond acceptors (Lipinski definition) is 7. The minimum atomic E-state index is -2.97. The molecule has 1 aliphatic heterocycles. The summed E-state index contributed by atoms with van der Waals surface area (Å²) in [5.74, 6) is -3.75. The molecule has 39 heavy (non-hydrogen) atoms. The van der Waals surface area contributed by atoms with Crippen LogP contribution >= 0.6 is 0 Å². The van der Waals surface area contributed by atoms with Crippen molar-refractivity contribution in [2.75, 3.05) is 6.56 Å². The quantitative estimate of drug-likeness (QED) is 0.501. The van der Waals surface area contributed by atoms with Gasteiger partial charge in [-0.15, -0.1) is 0 Å². The summed E-state index contributed by atoms with van der Waals surface area (Å²) in [7, 11) is 0. The van der Waals surface area contributed by atoms with Crippen LogP contribution in [0.1, 0.15) is 91.0 Å². The third-order valence-electron chi connectivity index (χ3n) is 11.1. The highest BCUT2D eigenvalue weighted by atomic mass is 16.7. The van der Waals surface area contributed by atoms with Gasteiger partial charge < -0.3 is 19.3 Å². The van der Waals surface area contributed by atoms with Crippen molar-refractivity contribution in [2.45, 2.75) is 110 Å². The van der Waals surface area contributed by atoms with E-state index >= 15 is 0 Å². The number of fused-ring (bicyclic) bond motifs is 7. The molecule has 0 aromatic heterocycles. The lowest BCUT2D eigenvalue weighted by Gasteiger charge is -2.59. The lowest BCUT2D eigenvalue weighted by Crippen LogP contribution is -2.63. The van der Waals surface area contributed by atoms with Crippen molar-refractivity contribution in [2.24, 2.45) is 40.4 Å². The number of ether oxygens (including phenoxy) is 3. The van der Waals surface area contributed by atoms with E-state index in [4.69, 9.17) is 19.7 Å². The highest BCUT2D eigenvalue weighted by Crippen LogP contribution is 2.70. The Kier molecular flexibility index (Phi) is 5.63. The number of Topliss-reactive ketones (excluding diaryl/α,β-unsaturated/α-hetero) is 1. The van der Waals surface area contributed by atoms with Gasteiger partial charge in [0, 0.05) is 22.7 Å². The van der Waals surface area contributed by atoms with Crippen molar-refractivity contribution in [3.63, 3.8) is 0 Å². The maximum absolute atomic E-state index is 14.6. The largest absolute Gasteiger partial charge is 0.457 e. The molecule has 1 saturated heterocycles. The molecule has 0 bridgehead atoms. The standard InChI is InChI=1S/C32H44O7/c1-18(2)28(36)37-17-25(35)32-26(38-29(39-32)19-8-6-5-7-9-19)15-23-22-11-10-20-14-21(33)12-13-30(20,3)27(22)24(34)16-31(23,32)4/h12-14,18-19,22-24,26-27,29,34H,5-11,15-17H2,1-4H3/t22-,23-,24-,26+,27+,29+,30-,31-,32+/m0/s1/i12D,14D,17D2. The molecule has 0 aromatic carbocycles. The number of rotatable bonds is 5. The van der Waals surface area contributed by atoms with Crippen molar-refractivity contribution < 1.29 is 39.2 Å². The number of esters is 1. The van der Waals surface area contributed by atoms with Crippen LogP contribution in [0.4, 0.5) is 0 Å². The van der Waals surface area contributed by atoms with Crippen LogP contribution < -0.4 is 0 Å². The molecule has 1 heterocycles. The average molecular weight is 545 g/mol. The summed E-state index contributed by atoms with van der Waals surface area (Å²) in [5.41, 5.74) is -3.05. The van der Waals surface area contributed by atoms with Crippen molar-refractivity contribution >= 4 is 17.5 Å². The van der Waals surface area contributed by atoms with Crippen LogP contribution in [-0.2, 0) is 28.6 Å². The average Bonchev–Trinajstić information content (AvgIpc) is 3.44. The maximum atomic E-state index is 14.6. The van der Waals surface area contributed by atoms with E-state index in [0.717, 1.165) is 32.1 Å². The first-order valence-electron chi connectivity index (χ1n) is 16.8. The van der Waals surface area contributed by atoms with Crippen LogP contribution in [0.15, 0.2) is 23.8 Å². The summed E-state index contributed by atoms with van der Waals surface area (Å²) in [6.45, 7) is 3.97. The zero-order valence-corrected chi connectivity index (χ0v) is 23.5. The van der Waals surface area contributed by atoms with Gasteiger partial charge in [0.1, 0.15) is 0 Å². The first-order chi connectivity index (χ1) is 20.1. The summed E-state index contributed by atoms with van der Waals surface area (Å²) < 4.78 is 52.7. The van der Waals surface area contributed by atoms with E-state index in [1.165, 1.54) is 0 Å². The molecular formula is C32H44O7. The number of aliphatic hydroxyl groups is 1. The Morgan fingerprint density at radius 3 is 2.69 bits per heavy atom. The third-order valence-corrected chi connectivity index (χ3v) is 11.1. The van der Waals surface area contributed by atoms with Crippen LogP contribution in [0.25, 0.3) is 0 Å². The van der Waals surface area contributed by atoms with E-state index in [-0.39, 0.29) is 36.3 Å². The summed E-state index contributed by atoms with van der Waals surface area (Å²) in [6.07, 6.45) is 5.60. The molecule has 0 aromatic rings. The highest BCUT2D eigenvalue weighted by molar-refractivity contribution is 6.01. The second-order valence-electron chi connectivity index (χ2n) is 13.5. The van der Waals surface area contributed by atoms with Gasteiger partial charge in [0.15, 0.2) is 24.2 Å². The molecule has 214 valence electrons. The second kappa shape index (κ2) is 9.63. The molecule has 7 heteroatoms. The fourth-order valence-electron chi connectivity index (χ4n) is 9.22. The molecule has 0 spiro atoms. The fraction of sp³-hybridized carbons (Fsp3) is 0.781. The van der Waals surface area contributed by atoms with E-state index in [2.05, 4.69) is 0 Å². The van der Waals surface area contributed by atoms with Crippen LogP contribution in [0.2, 0.25) is 0 Å². The van der Waals surface area contributed by atoms with Crippen LogP contribution in [0, 0.1) is 40.4 Å². The molecule has 0 amide bonds. The van der Waals surface area contributed by atoms with Gasteiger partial charge >= 0.3 is 5.97 Å². The number of hydrogen-bond donors (Lipinski definition) is 1. The first-order valence-corrected chi connectivity index (χ1v) is 14.8. The minimum Gasteiger partial charge on any atom is -0.457 e. The Bertz CT molecular complexity index is 1290. The van der Waals surface area contributed by atoms with Gasteiger partial charge in [-0.05, 0) is 62.5 Å². The van der Waals surface area contributed by atoms with Crippen LogP contribution in [0.5, 0.6) is 0 Å². The van der Waals surface area contributed by atoms with Gasteiger partial charge in [-0.2, -0.15) is 0 Å². The first kappa shape index (κ1) is 22.8. The molecule has 0 unspecified atom stereocenters. The Balaban J connectivity index is 1.42. The Morgan fingerprint density at radius 1 is 1.23 bits per heavy atom. The SMILES string of the molecule is [2H]C1=C[C@@]2(C)C(=C([2H])C1=O)CC[C@@H]1[C@@H]2[C@@H](O)C[C@@]2(C)[C@H]1C[C@H]1O[C@@H](C3CCCCC3)O[C@]12C(=O)C([2H])([2H])OC(=O)C(C)C. The van der Waals surface area contributed by atoms with E-state index in [1.54, 1.807) is 19.9 Å². The van der Waals surface area contributed by atoms with Crippen molar-refractivity contribution in [3.8, 4) is 0 Å². The van der Waals surface area contributed by atoms with E-state index in [0.29, 0.717) is 24.8 Å². The van der Waals surface area contributed by atoms with E-state index < -0.39 is 70.9 Å². The van der Waals surface area contributed by atoms with Crippen molar-refractivity contribution in [1.29, 1.82) is 0 Å². The topological polar surface area (TPSA) is 99.1 Å². The summed E-state index contributed by atoms with van der Waals surface area (Å²) in [4.78, 5) is 39.6. The Morgan fingerprint density at radius 2 is 1.97 bits per heavy atom. The van der Waals surface area contributed by atoms with Gasteiger partial charge in [-0.1, -0.05) is 58.6 Å². The number of aliphatic hydroxyl groups excluding tert-OH is 1. The third kappa shape index (κ3) is 3.97. The predicted molar refractivity (Wildman–Crippen MR) is 143 cm³/mol. The predicted octanol–water partition coefficient (Wildman–Crippen LogP) is 4.70. The normalized spacial score (nSPS) is 47.6. The summed E-state index contributed by atoms with van der Waals surface area (Å²) >= 11 is 0. The molecule has 5 fully saturated rings. The zero-order valence-electron chi connectivity index (χ0n) is 27.5. The molecule has 7 nitrogen and oxygen atoms in total. The second-order valence-corrected chi connectivity index (χ2v) is 13.5. The van der Waals surface area contributed by atoms with Crippen molar-refractivity contribution in [1.82, 2.24) is 0 Å². The molecule has 6 aliphatic rings.